The van der Waals surface area contributed by atoms with Crippen LogP contribution in [0.2, 0.25) is 0 Å². The van der Waals surface area contributed by atoms with Crippen molar-refractivity contribution in [3.8, 4) is 0 Å². The molecule has 1 amide bonds. The Bertz CT molecular complexity index is 952. The van der Waals surface area contributed by atoms with Gasteiger partial charge in [0, 0.05) is 32.0 Å². The number of carbonyl (C=O) groups excluding carboxylic acids is 2. The van der Waals surface area contributed by atoms with Gasteiger partial charge in [0.25, 0.3) is 0 Å². The Morgan fingerprint density at radius 1 is 0.885 bits per heavy atom. The summed E-state index contributed by atoms with van der Waals surface area (Å²) in [5.74, 6) is -0.513. The number of rotatable bonds is 6. The first kappa shape index (κ1) is 17.8. The fourth-order valence-electron chi connectivity index (χ4n) is 2.92. The van der Waals surface area contributed by atoms with E-state index in [-0.39, 0.29) is 30.3 Å². The number of carbonyl (C=O) groups is 2. The van der Waals surface area contributed by atoms with Crippen LogP contribution in [0.25, 0.3) is 10.8 Å². The number of fused-ring (bicyclic) bond motifs is 1. The van der Waals surface area contributed by atoms with Gasteiger partial charge in [-0.15, -0.1) is 0 Å². The predicted octanol–water partition coefficient (Wildman–Crippen LogP) is 4.60. The molecule has 0 atom stereocenters. The van der Waals surface area contributed by atoms with Gasteiger partial charge in [-0.2, -0.15) is 0 Å². The third kappa shape index (κ3) is 4.33. The van der Waals surface area contributed by atoms with Crippen LogP contribution in [0.5, 0.6) is 0 Å². The van der Waals surface area contributed by atoms with Crippen LogP contribution in [-0.2, 0) is 11.3 Å². The number of halogens is 1. The molecule has 0 aliphatic heterocycles. The number of hydrogen-bond acceptors (Lipinski definition) is 2. The lowest BCUT2D eigenvalue weighted by Gasteiger charge is -2.17. The molecule has 0 saturated carbocycles. The molecule has 0 unspecified atom stereocenters. The SMILES string of the molecule is CN(Cc1cccc(F)c1)C(=O)CCC(=O)c1ccc2ccccc2c1. The molecule has 3 rings (SSSR count). The second-order valence-electron chi connectivity index (χ2n) is 6.36. The molecule has 0 aromatic heterocycles. The van der Waals surface area contributed by atoms with E-state index in [1.807, 2.05) is 36.4 Å². The molecule has 0 spiro atoms. The number of amides is 1. The Labute approximate surface area is 152 Å². The lowest BCUT2D eigenvalue weighted by molar-refractivity contribution is -0.130. The topological polar surface area (TPSA) is 37.4 Å². The standard InChI is InChI=1S/C22H20FNO2/c1-24(15-16-5-4-8-20(23)13-16)22(26)12-11-21(25)19-10-9-17-6-2-3-7-18(17)14-19/h2-10,13-14H,11-12,15H2,1H3. The van der Waals surface area contributed by atoms with Crippen molar-refractivity contribution in [2.45, 2.75) is 19.4 Å². The summed E-state index contributed by atoms with van der Waals surface area (Å²) in [7, 11) is 1.66. The van der Waals surface area contributed by atoms with Gasteiger partial charge in [0.15, 0.2) is 5.78 Å². The van der Waals surface area contributed by atoms with Crippen LogP contribution in [0, 0.1) is 5.82 Å². The van der Waals surface area contributed by atoms with Crippen molar-refractivity contribution in [2.75, 3.05) is 7.05 Å². The van der Waals surface area contributed by atoms with Crippen LogP contribution >= 0.6 is 0 Å². The summed E-state index contributed by atoms with van der Waals surface area (Å²) in [6.07, 6.45) is 0.294. The van der Waals surface area contributed by atoms with Crippen LogP contribution in [-0.4, -0.2) is 23.6 Å². The monoisotopic (exact) mass is 349 g/mol. The summed E-state index contributed by atoms with van der Waals surface area (Å²) in [5, 5.41) is 2.09. The van der Waals surface area contributed by atoms with E-state index in [9.17, 15) is 14.0 Å². The second kappa shape index (κ2) is 7.91. The minimum absolute atomic E-state index is 0.0525. The molecular weight excluding hydrogens is 329 g/mol. The van der Waals surface area contributed by atoms with Crippen molar-refractivity contribution in [2.24, 2.45) is 0 Å². The van der Waals surface area contributed by atoms with E-state index < -0.39 is 0 Å². The van der Waals surface area contributed by atoms with Crippen molar-refractivity contribution in [1.29, 1.82) is 0 Å². The summed E-state index contributed by atoms with van der Waals surface area (Å²) in [5.41, 5.74) is 1.34. The molecule has 0 heterocycles. The summed E-state index contributed by atoms with van der Waals surface area (Å²) in [6.45, 7) is 0.320. The maximum atomic E-state index is 13.2. The van der Waals surface area contributed by atoms with Crippen LogP contribution in [0.1, 0.15) is 28.8 Å². The van der Waals surface area contributed by atoms with E-state index in [1.54, 1.807) is 25.2 Å². The van der Waals surface area contributed by atoms with Gasteiger partial charge in [0.2, 0.25) is 5.91 Å². The fourth-order valence-corrected chi connectivity index (χ4v) is 2.92. The third-order valence-corrected chi connectivity index (χ3v) is 4.37. The molecule has 4 heteroatoms. The first-order valence-corrected chi connectivity index (χ1v) is 8.53. The number of ketones is 1. The Morgan fingerprint density at radius 2 is 1.65 bits per heavy atom. The van der Waals surface area contributed by atoms with E-state index >= 15 is 0 Å². The van der Waals surface area contributed by atoms with Crippen molar-refractivity contribution >= 4 is 22.5 Å². The van der Waals surface area contributed by atoms with E-state index in [2.05, 4.69) is 0 Å². The zero-order valence-electron chi connectivity index (χ0n) is 14.6. The molecule has 0 bridgehead atoms. The van der Waals surface area contributed by atoms with Gasteiger partial charge in [-0.25, -0.2) is 4.39 Å². The Balaban J connectivity index is 1.58. The third-order valence-electron chi connectivity index (χ3n) is 4.37. The molecule has 0 aliphatic rings. The van der Waals surface area contributed by atoms with Crippen LogP contribution in [0.15, 0.2) is 66.7 Å². The summed E-state index contributed by atoms with van der Waals surface area (Å²) in [4.78, 5) is 26.2. The molecule has 0 saturated heterocycles. The zero-order chi connectivity index (χ0) is 18.5. The highest BCUT2D eigenvalue weighted by atomic mass is 19.1. The minimum Gasteiger partial charge on any atom is -0.341 e. The van der Waals surface area contributed by atoms with Gasteiger partial charge in [-0.3, -0.25) is 9.59 Å². The van der Waals surface area contributed by atoms with E-state index in [4.69, 9.17) is 0 Å². The summed E-state index contributed by atoms with van der Waals surface area (Å²) >= 11 is 0. The average molecular weight is 349 g/mol. The minimum atomic E-state index is -0.324. The number of Topliss-reactive ketones (excluding diaryl/α,β-unsaturated/α-hetero) is 1. The highest BCUT2D eigenvalue weighted by Crippen LogP contribution is 2.17. The predicted molar refractivity (Wildman–Crippen MR) is 100 cm³/mol. The molecule has 3 aromatic carbocycles. The van der Waals surface area contributed by atoms with Crippen molar-refractivity contribution < 1.29 is 14.0 Å². The molecule has 0 fully saturated rings. The maximum Gasteiger partial charge on any atom is 0.223 e. The summed E-state index contributed by atoms with van der Waals surface area (Å²) < 4.78 is 13.2. The Kier molecular flexibility index (Phi) is 5.42. The first-order chi connectivity index (χ1) is 12.5. The molecule has 26 heavy (non-hydrogen) atoms. The van der Waals surface area contributed by atoms with E-state index in [0.717, 1.165) is 16.3 Å². The maximum absolute atomic E-state index is 13.2. The van der Waals surface area contributed by atoms with Crippen molar-refractivity contribution in [3.05, 3.63) is 83.7 Å². The highest BCUT2D eigenvalue weighted by Gasteiger charge is 2.13. The van der Waals surface area contributed by atoms with Crippen LogP contribution in [0.3, 0.4) is 0 Å². The number of hydrogen-bond donors (Lipinski definition) is 0. The number of benzene rings is 3. The van der Waals surface area contributed by atoms with Crippen LogP contribution in [0.4, 0.5) is 4.39 Å². The van der Waals surface area contributed by atoms with Gasteiger partial charge in [0.1, 0.15) is 5.82 Å². The van der Waals surface area contributed by atoms with Crippen molar-refractivity contribution in [3.63, 3.8) is 0 Å². The molecule has 3 aromatic rings. The molecule has 132 valence electrons. The molecule has 3 nitrogen and oxygen atoms in total. The molecule has 0 aliphatic carbocycles. The molecular formula is C22H20FNO2. The van der Waals surface area contributed by atoms with Gasteiger partial charge in [-0.05, 0) is 34.5 Å². The van der Waals surface area contributed by atoms with Crippen molar-refractivity contribution in [1.82, 2.24) is 4.90 Å². The largest absolute Gasteiger partial charge is 0.341 e. The first-order valence-electron chi connectivity index (χ1n) is 8.53. The second-order valence-corrected chi connectivity index (χ2v) is 6.36. The summed E-state index contributed by atoms with van der Waals surface area (Å²) in [6, 6.07) is 19.6. The average Bonchev–Trinajstić information content (AvgIpc) is 2.65. The Morgan fingerprint density at radius 3 is 2.42 bits per heavy atom. The lowest BCUT2D eigenvalue weighted by Crippen LogP contribution is -2.26. The molecule has 0 N–H and O–H groups in total. The van der Waals surface area contributed by atoms with E-state index in [0.29, 0.717) is 12.1 Å². The lowest BCUT2D eigenvalue weighted by atomic mass is 10.0. The smallest absolute Gasteiger partial charge is 0.223 e. The fraction of sp³-hybridized carbons (Fsp3) is 0.182. The normalized spacial score (nSPS) is 10.7. The van der Waals surface area contributed by atoms with Crippen LogP contribution < -0.4 is 0 Å². The molecule has 0 radical (unpaired) electrons. The van der Waals surface area contributed by atoms with Gasteiger partial charge >= 0.3 is 0 Å². The highest BCUT2D eigenvalue weighted by molar-refractivity contribution is 6.01. The van der Waals surface area contributed by atoms with Gasteiger partial charge < -0.3 is 4.90 Å². The Hall–Kier alpha value is -3.01. The van der Waals surface area contributed by atoms with Gasteiger partial charge in [0.05, 0.1) is 0 Å². The van der Waals surface area contributed by atoms with E-state index in [1.165, 1.54) is 17.0 Å². The quantitative estimate of drug-likeness (QED) is 0.610. The zero-order valence-corrected chi connectivity index (χ0v) is 14.6. The number of nitrogens with zero attached hydrogens (tertiary/aromatic N) is 1. The van der Waals surface area contributed by atoms with Gasteiger partial charge in [-0.1, -0.05) is 48.5 Å².